The quantitative estimate of drug-likeness (QED) is 0.690. The van der Waals surface area contributed by atoms with Crippen LogP contribution < -0.4 is 0 Å². The van der Waals surface area contributed by atoms with E-state index in [9.17, 15) is 0 Å². The molecule has 1 rings (SSSR count). The van der Waals surface area contributed by atoms with Crippen LogP contribution in [0.25, 0.3) is 0 Å². The summed E-state index contributed by atoms with van der Waals surface area (Å²) in [5, 5.41) is 0. The standard InChI is InChI=1S/C8H10.Pt/c1-7-3-5-8(2)6-4-7;/h3-6H,1-2H3;. The fraction of sp³-hybridized carbons (Fsp3) is 0.250. The summed E-state index contributed by atoms with van der Waals surface area (Å²) in [5.74, 6) is 0. The molecule has 9 heavy (non-hydrogen) atoms. The molecule has 0 atom stereocenters. The normalized spacial score (nSPS) is 8.22. The van der Waals surface area contributed by atoms with E-state index in [0.29, 0.717) is 0 Å². The Kier molecular flexibility index (Phi) is 3.81. The van der Waals surface area contributed by atoms with Gasteiger partial charge < -0.3 is 0 Å². The number of aryl methyl sites for hydroxylation is 2. The summed E-state index contributed by atoms with van der Waals surface area (Å²) in [7, 11) is 0. The first kappa shape index (κ1) is 8.91. The average molecular weight is 301 g/mol. The minimum absolute atomic E-state index is 0. The molecule has 1 heteroatoms. The third kappa shape index (κ3) is 2.81. The van der Waals surface area contributed by atoms with Gasteiger partial charge in [-0.15, -0.1) is 0 Å². The number of hydrogen-bond acceptors (Lipinski definition) is 0. The van der Waals surface area contributed by atoms with Gasteiger partial charge in [-0.05, 0) is 13.8 Å². The van der Waals surface area contributed by atoms with E-state index in [2.05, 4.69) is 38.1 Å². The van der Waals surface area contributed by atoms with Gasteiger partial charge >= 0.3 is 0 Å². The van der Waals surface area contributed by atoms with Crippen LogP contribution in [0.2, 0.25) is 0 Å². The first-order chi connectivity index (χ1) is 3.79. The molecule has 0 aliphatic carbocycles. The van der Waals surface area contributed by atoms with Crippen LogP contribution in [0.1, 0.15) is 11.1 Å². The summed E-state index contributed by atoms with van der Waals surface area (Å²) in [4.78, 5) is 0. The molecule has 52 valence electrons. The van der Waals surface area contributed by atoms with Crippen molar-refractivity contribution in [1.82, 2.24) is 0 Å². The zero-order valence-electron chi connectivity index (χ0n) is 5.63. The monoisotopic (exact) mass is 301 g/mol. The Bertz CT molecular complexity index is 143. The molecule has 0 bridgehead atoms. The summed E-state index contributed by atoms with van der Waals surface area (Å²) < 4.78 is 0. The van der Waals surface area contributed by atoms with E-state index in [4.69, 9.17) is 0 Å². The van der Waals surface area contributed by atoms with E-state index in [1.165, 1.54) is 11.1 Å². The van der Waals surface area contributed by atoms with Crippen LogP contribution in [-0.4, -0.2) is 0 Å². The van der Waals surface area contributed by atoms with E-state index in [-0.39, 0.29) is 21.1 Å². The van der Waals surface area contributed by atoms with Crippen LogP contribution in [0.5, 0.6) is 0 Å². The Morgan fingerprint density at radius 1 is 0.778 bits per heavy atom. The van der Waals surface area contributed by atoms with E-state index in [0.717, 1.165) is 0 Å². The Morgan fingerprint density at radius 2 is 1.00 bits per heavy atom. The van der Waals surface area contributed by atoms with Crippen molar-refractivity contribution < 1.29 is 21.1 Å². The maximum atomic E-state index is 2.12. The van der Waals surface area contributed by atoms with Crippen molar-refractivity contribution >= 4 is 0 Å². The van der Waals surface area contributed by atoms with Crippen LogP contribution >= 0.6 is 0 Å². The Balaban J connectivity index is 0.000000640. The minimum atomic E-state index is 0. The molecule has 0 spiro atoms. The summed E-state index contributed by atoms with van der Waals surface area (Å²) in [6.07, 6.45) is 0. The van der Waals surface area contributed by atoms with Gasteiger partial charge in [-0.3, -0.25) is 0 Å². The predicted octanol–water partition coefficient (Wildman–Crippen LogP) is 2.30. The molecule has 0 nitrogen and oxygen atoms in total. The van der Waals surface area contributed by atoms with Crippen molar-refractivity contribution in [1.29, 1.82) is 0 Å². The predicted molar refractivity (Wildman–Crippen MR) is 35.9 cm³/mol. The van der Waals surface area contributed by atoms with Gasteiger partial charge in [0, 0.05) is 21.1 Å². The fourth-order valence-corrected chi connectivity index (χ4v) is 0.637. The first-order valence-corrected chi connectivity index (χ1v) is 2.82. The van der Waals surface area contributed by atoms with Gasteiger partial charge in [-0.1, -0.05) is 35.4 Å². The molecule has 0 aliphatic heterocycles. The van der Waals surface area contributed by atoms with Crippen LogP contribution in [0.4, 0.5) is 0 Å². The smallest absolute Gasteiger partial charge is 0 e. The molecular weight excluding hydrogens is 291 g/mol. The average Bonchev–Trinajstić information content (AvgIpc) is 1.77. The van der Waals surface area contributed by atoms with Crippen molar-refractivity contribution in [3.63, 3.8) is 0 Å². The number of benzene rings is 1. The van der Waals surface area contributed by atoms with Gasteiger partial charge in [0.2, 0.25) is 0 Å². The zero-order valence-corrected chi connectivity index (χ0v) is 7.90. The van der Waals surface area contributed by atoms with E-state index < -0.39 is 0 Å². The molecule has 0 fully saturated rings. The molecule has 0 radical (unpaired) electrons. The SMILES string of the molecule is Cc1ccc(C)cc1.[Pt]. The first-order valence-electron chi connectivity index (χ1n) is 2.82. The molecule has 0 aromatic heterocycles. The van der Waals surface area contributed by atoms with E-state index in [1.807, 2.05) is 0 Å². The van der Waals surface area contributed by atoms with Gasteiger partial charge in [-0.25, -0.2) is 0 Å². The van der Waals surface area contributed by atoms with Gasteiger partial charge in [0.15, 0.2) is 0 Å². The van der Waals surface area contributed by atoms with Crippen LogP contribution in [0.15, 0.2) is 24.3 Å². The molecule has 0 N–H and O–H groups in total. The summed E-state index contributed by atoms with van der Waals surface area (Å²) in [6, 6.07) is 8.48. The Morgan fingerprint density at radius 3 is 1.22 bits per heavy atom. The van der Waals surface area contributed by atoms with E-state index >= 15 is 0 Å². The van der Waals surface area contributed by atoms with Crippen molar-refractivity contribution in [2.75, 3.05) is 0 Å². The van der Waals surface area contributed by atoms with Crippen molar-refractivity contribution in [2.45, 2.75) is 13.8 Å². The molecule has 0 unspecified atom stereocenters. The zero-order chi connectivity index (χ0) is 5.98. The Labute approximate surface area is 70.5 Å². The molecule has 1 aromatic carbocycles. The molecule has 0 aliphatic rings. The molecule has 0 heterocycles. The van der Waals surface area contributed by atoms with Crippen LogP contribution in [-0.2, 0) is 21.1 Å². The summed E-state index contributed by atoms with van der Waals surface area (Å²) >= 11 is 0. The molecular formula is C8H10Pt. The second-order valence-electron chi connectivity index (χ2n) is 2.15. The van der Waals surface area contributed by atoms with Gasteiger partial charge in [0.05, 0.1) is 0 Å². The summed E-state index contributed by atoms with van der Waals surface area (Å²) in [5.41, 5.74) is 2.66. The number of rotatable bonds is 0. The second kappa shape index (κ2) is 3.84. The maximum Gasteiger partial charge on any atom is 0 e. The molecule has 1 aromatic rings. The van der Waals surface area contributed by atoms with Crippen LogP contribution in [0, 0.1) is 13.8 Å². The second-order valence-corrected chi connectivity index (χ2v) is 2.15. The van der Waals surface area contributed by atoms with Gasteiger partial charge in [0.1, 0.15) is 0 Å². The fourth-order valence-electron chi connectivity index (χ4n) is 0.637. The van der Waals surface area contributed by atoms with Crippen molar-refractivity contribution in [3.05, 3.63) is 35.4 Å². The van der Waals surface area contributed by atoms with E-state index in [1.54, 1.807) is 0 Å². The van der Waals surface area contributed by atoms with Crippen molar-refractivity contribution in [3.8, 4) is 0 Å². The van der Waals surface area contributed by atoms with Crippen LogP contribution in [0.3, 0.4) is 0 Å². The third-order valence-electron chi connectivity index (χ3n) is 1.22. The van der Waals surface area contributed by atoms with Gasteiger partial charge in [0.25, 0.3) is 0 Å². The minimum Gasteiger partial charge on any atom is -0.0591 e. The third-order valence-corrected chi connectivity index (χ3v) is 1.22. The molecule has 0 saturated heterocycles. The topological polar surface area (TPSA) is 0 Å². The van der Waals surface area contributed by atoms with Gasteiger partial charge in [-0.2, -0.15) is 0 Å². The molecule has 0 amide bonds. The largest absolute Gasteiger partial charge is 0.0591 e. The maximum absolute atomic E-state index is 2.12. The summed E-state index contributed by atoms with van der Waals surface area (Å²) in [6.45, 7) is 4.19. The van der Waals surface area contributed by atoms with Crippen molar-refractivity contribution in [2.24, 2.45) is 0 Å². The Hall–Kier alpha value is -0.0917. The molecule has 0 saturated carbocycles. The number of hydrogen-bond donors (Lipinski definition) is 0.